The Hall–Kier alpha value is -2.39. The molecule has 0 N–H and O–H groups in total. The summed E-state index contributed by atoms with van der Waals surface area (Å²) in [6.45, 7) is 0. The van der Waals surface area contributed by atoms with Crippen LogP contribution in [0.15, 0.2) is 23.8 Å². The molecule has 0 aliphatic heterocycles. The van der Waals surface area contributed by atoms with Gasteiger partial charge in [-0.1, -0.05) is 11.6 Å². The first kappa shape index (κ1) is 14.7. The molecule has 0 atom stereocenters. The van der Waals surface area contributed by atoms with Gasteiger partial charge in [-0.25, -0.2) is 0 Å². The fourth-order valence-electron chi connectivity index (χ4n) is 1.29. The van der Waals surface area contributed by atoms with Crippen LogP contribution in [0.5, 0.6) is 0 Å². The third-order valence-electron chi connectivity index (χ3n) is 2.25. The van der Waals surface area contributed by atoms with Crippen molar-refractivity contribution in [2.24, 2.45) is 0 Å². The first-order chi connectivity index (χ1) is 8.86. The lowest BCUT2D eigenvalue weighted by Crippen LogP contribution is -2.22. The summed E-state index contributed by atoms with van der Waals surface area (Å²) in [6, 6.07) is 5.56. The molecule has 0 radical (unpaired) electrons. The van der Waals surface area contributed by atoms with Crippen LogP contribution in [0.1, 0.15) is 5.56 Å². The van der Waals surface area contributed by atoms with Crippen LogP contribution < -0.4 is 0 Å². The lowest BCUT2D eigenvalue weighted by Gasteiger charge is -2.08. The number of nitro benzene ring substituents is 1. The van der Waals surface area contributed by atoms with E-state index in [1.807, 2.05) is 0 Å². The van der Waals surface area contributed by atoms with Gasteiger partial charge in [-0.05, 0) is 12.1 Å². The van der Waals surface area contributed by atoms with Gasteiger partial charge in [0.2, 0.25) is 0 Å². The molecular formula is C12H10ClN3O3. The molecule has 0 aliphatic carbocycles. The van der Waals surface area contributed by atoms with Crippen LogP contribution >= 0.6 is 11.6 Å². The van der Waals surface area contributed by atoms with Crippen LogP contribution in [-0.2, 0) is 4.79 Å². The lowest BCUT2D eigenvalue weighted by atomic mass is 10.1. The number of likely N-dealkylation sites (N-methyl/N-ethyl adjacent to an activating group) is 1. The summed E-state index contributed by atoms with van der Waals surface area (Å²) in [5.41, 5.74) is -0.0553. The molecule has 1 rings (SSSR count). The Kier molecular flexibility index (Phi) is 4.62. The Morgan fingerprint density at radius 3 is 2.63 bits per heavy atom. The maximum atomic E-state index is 11.7. The topological polar surface area (TPSA) is 87.2 Å². The first-order valence-electron chi connectivity index (χ1n) is 5.14. The average Bonchev–Trinajstić information content (AvgIpc) is 2.36. The fourth-order valence-corrected chi connectivity index (χ4v) is 1.47. The van der Waals surface area contributed by atoms with Gasteiger partial charge in [-0.2, -0.15) is 5.26 Å². The Bertz CT molecular complexity index is 603. The molecule has 1 amide bonds. The van der Waals surface area contributed by atoms with Crippen molar-refractivity contribution in [2.45, 2.75) is 0 Å². The predicted molar refractivity (Wildman–Crippen MR) is 70.4 cm³/mol. The number of carbonyl (C=O) groups is 1. The van der Waals surface area contributed by atoms with Crippen LogP contribution in [0.25, 0.3) is 6.08 Å². The molecular weight excluding hydrogens is 270 g/mol. The third kappa shape index (κ3) is 3.53. The largest absolute Gasteiger partial charge is 0.344 e. The molecule has 7 heteroatoms. The van der Waals surface area contributed by atoms with Crippen molar-refractivity contribution in [1.29, 1.82) is 5.26 Å². The second-order valence-corrected chi connectivity index (χ2v) is 4.24. The molecule has 0 spiro atoms. The van der Waals surface area contributed by atoms with Gasteiger partial charge in [0.25, 0.3) is 11.6 Å². The molecule has 1 aromatic rings. The number of carbonyl (C=O) groups excluding carboxylic acids is 1. The van der Waals surface area contributed by atoms with Crippen LogP contribution in [-0.4, -0.2) is 29.8 Å². The van der Waals surface area contributed by atoms with E-state index in [1.165, 1.54) is 43.3 Å². The number of hydrogen-bond donors (Lipinski definition) is 0. The fraction of sp³-hybridized carbons (Fsp3) is 0.167. The number of non-ortho nitro benzene ring substituents is 1. The van der Waals surface area contributed by atoms with Crippen molar-refractivity contribution in [3.8, 4) is 6.07 Å². The van der Waals surface area contributed by atoms with Crippen molar-refractivity contribution in [1.82, 2.24) is 4.90 Å². The van der Waals surface area contributed by atoms with Crippen molar-refractivity contribution >= 4 is 29.3 Å². The van der Waals surface area contributed by atoms with Crippen LogP contribution in [0.2, 0.25) is 5.02 Å². The molecule has 0 saturated heterocycles. The quantitative estimate of drug-likeness (QED) is 0.367. The van der Waals surface area contributed by atoms with Crippen molar-refractivity contribution in [3.05, 3.63) is 44.5 Å². The van der Waals surface area contributed by atoms with Crippen molar-refractivity contribution in [2.75, 3.05) is 14.1 Å². The Labute approximate surface area is 114 Å². The van der Waals surface area contributed by atoms with Gasteiger partial charge in [0.05, 0.1) is 4.92 Å². The number of rotatable bonds is 3. The normalized spacial score (nSPS) is 10.7. The van der Waals surface area contributed by atoms with E-state index < -0.39 is 10.8 Å². The Morgan fingerprint density at radius 1 is 1.53 bits per heavy atom. The maximum absolute atomic E-state index is 11.7. The summed E-state index contributed by atoms with van der Waals surface area (Å²) in [5, 5.41) is 19.8. The van der Waals surface area contributed by atoms with Crippen LogP contribution in [0, 0.1) is 21.4 Å². The molecule has 0 bridgehead atoms. The standard InChI is InChI=1S/C12H10ClN3O3/c1-15(2)12(17)9(7-14)5-8-6-10(16(18)19)3-4-11(8)13/h3-6H,1-2H3/b9-5-. The summed E-state index contributed by atoms with van der Waals surface area (Å²) in [4.78, 5) is 23.0. The number of halogens is 1. The summed E-state index contributed by atoms with van der Waals surface area (Å²) < 4.78 is 0. The molecule has 98 valence electrons. The van der Waals surface area contributed by atoms with E-state index in [0.29, 0.717) is 0 Å². The zero-order chi connectivity index (χ0) is 14.6. The summed E-state index contributed by atoms with van der Waals surface area (Å²) in [6.07, 6.45) is 1.23. The SMILES string of the molecule is CN(C)C(=O)/C(C#N)=C\c1cc([N+](=O)[O-])ccc1Cl. The minimum atomic E-state index is -0.576. The molecule has 1 aromatic carbocycles. The molecule has 0 unspecified atom stereocenters. The number of nitrogens with zero attached hydrogens (tertiary/aromatic N) is 3. The number of hydrogen-bond acceptors (Lipinski definition) is 4. The maximum Gasteiger partial charge on any atom is 0.270 e. The summed E-state index contributed by atoms with van der Waals surface area (Å²) in [5.74, 6) is -0.495. The highest BCUT2D eigenvalue weighted by Crippen LogP contribution is 2.24. The van der Waals surface area contributed by atoms with Gasteiger partial charge < -0.3 is 4.90 Å². The van der Waals surface area contributed by atoms with Gasteiger partial charge in [0, 0.05) is 36.8 Å². The van der Waals surface area contributed by atoms with Crippen molar-refractivity contribution < 1.29 is 9.72 Å². The third-order valence-corrected chi connectivity index (χ3v) is 2.59. The van der Waals surface area contributed by atoms with E-state index in [1.54, 1.807) is 6.07 Å². The second kappa shape index (κ2) is 5.98. The van der Waals surface area contributed by atoms with Gasteiger partial charge in [-0.15, -0.1) is 0 Å². The zero-order valence-electron chi connectivity index (χ0n) is 10.3. The van der Waals surface area contributed by atoms with E-state index in [-0.39, 0.29) is 21.8 Å². The Morgan fingerprint density at radius 2 is 2.16 bits per heavy atom. The predicted octanol–water partition coefficient (Wildman–Crippen LogP) is 2.24. The number of nitro groups is 1. The second-order valence-electron chi connectivity index (χ2n) is 3.83. The van der Waals surface area contributed by atoms with Crippen LogP contribution in [0.3, 0.4) is 0 Å². The van der Waals surface area contributed by atoms with Crippen molar-refractivity contribution in [3.63, 3.8) is 0 Å². The van der Waals surface area contributed by atoms with E-state index in [2.05, 4.69) is 0 Å². The molecule has 0 aliphatic rings. The van der Waals surface area contributed by atoms with E-state index in [9.17, 15) is 14.9 Å². The lowest BCUT2D eigenvalue weighted by molar-refractivity contribution is -0.384. The minimum Gasteiger partial charge on any atom is -0.344 e. The molecule has 0 heterocycles. The number of nitriles is 1. The molecule has 6 nitrogen and oxygen atoms in total. The molecule has 0 saturated carbocycles. The van der Waals surface area contributed by atoms with E-state index in [0.717, 1.165) is 0 Å². The Balaban J connectivity index is 3.30. The molecule has 0 fully saturated rings. The summed E-state index contributed by atoms with van der Waals surface area (Å²) >= 11 is 5.88. The zero-order valence-corrected chi connectivity index (χ0v) is 11.0. The average molecular weight is 280 g/mol. The highest BCUT2D eigenvalue weighted by molar-refractivity contribution is 6.32. The summed E-state index contributed by atoms with van der Waals surface area (Å²) in [7, 11) is 3.01. The monoisotopic (exact) mass is 279 g/mol. The smallest absolute Gasteiger partial charge is 0.270 e. The van der Waals surface area contributed by atoms with Gasteiger partial charge in [0.1, 0.15) is 11.6 Å². The van der Waals surface area contributed by atoms with Gasteiger partial charge in [0.15, 0.2) is 0 Å². The van der Waals surface area contributed by atoms with Crippen LogP contribution in [0.4, 0.5) is 5.69 Å². The van der Waals surface area contributed by atoms with E-state index in [4.69, 9.17) is 16.9 Å². The molecule has 0 aromatic heterocycles. The first-order valence-corrected chi connectivity index (χ1v) is 5.52. The van der Waals surface area contributed by atoms with Gasteiger partial charge >= 0.3 is 0 Å². The number of benzene rings is 1. The highest BCUT2D eigenvalue weighted by Gasteiger charge is 2.14. The highest BCUT2D eigenvalue weighted by atomic mass is 35.5. The number of amides is 1. The van der Waals surface area contributed by atoms with E-state index >= 15 is 0 Å². The van der Waals surface area contributed by atoms with Gasteiger partial charge in [-0.3, -0.25) is 14.9 Å². The molecule has 19 heavy (non-hydrogen) atoms. The minimum absolute atomic E-state index is 0.146.